The average Bonchev–Trinajstić information content (AvgIpc) is 3.53. The lowest BCUT2D eigenvalue weighted by Gasteiger charge is -2.19. The number of nitrogens with one attached hydrogen (secondary N) is 1. The van der Waals surface area contributed by atoms with Crippen molar-refractivity contribution in [2.75, 3.05) is 5.32 Å². The number of benzene rings is 8. The van der Waals surface area contributed by atoms with Crippen LogP contribution in [-0.2, 0) is 6.42 Å². The van der Waals surface area contributed by atoms with Crippen LogP contribution in [0.4, 0.5) is 11.4 Å². The summed E-state index contributed by atoms with van der Waals surface area (Å²) >= 11 is 0. The monoisotopic (exact) mass is 654 g/mol. The zero-order chi connectivity index (χ0) is 34.3. The second-order valence-corrected chi connectivity index (χ2v) is 13.4. The molecular weight excluding hydrogens is 617 g/mol. The lowest BCUT2D eigenvalue weighted by Crippen LogP contribution is -2.00. The van der Waals surface area contributed by atoms with E-state index in [4.69, 9.17) is 6.58 Å². The molecule has 8 aromatic carbocycles. The van der Waals surface area contributed by atoms with Crippen LogP contribution in [0.15, 0.2) is 176 Å². The molecule has 2 nitrogen and oxygen atoms in total. The first kappa shape index (κ1) is 30.7. The van der Waals surface area contributed by atoms with E-state index >= 15 is 0 Å². The van der Waals surface area contributed by atoms with Crippen LogP contribution in [0.25, 0.3) is 65.7 Å². The van der Waals surface area contributed by atoms with Gasteiger partial charge in [-0.05, 0) is 87.5 Å². The Labute approximate surface area is 298 Å². The number of rotatable bonds is 8. The normalized spacial score (nSPS) is 11.5. The van der Waals surface area contributed by atoms with Gasteiger partial charge in [0, 0.05) is 44.2 Å². The molecule has 0 fully saturated rings. The molecular formula is C49H38N2. The number of aryl methyl sites for hydroxylation is 1. The van der Waals surface area contributed by atoms with Gasteiger partial charge >= 0.3 is 0 Å². The molecule has 0 unspecified atom stereocenters. The van der Waals surface area contributed by atoms with Crippen LogP contribution < -0.4 is 5.32 Å². The van der Waals surface area contributed by atoms with E-state index in [9.17, 15) is 0 Å². The second kappa shape index (κ2) is 12.8. The van der Waals surface area contributed by atoms with Crippen molar-refractivity contribution in [2.24, 2.45) is 0 Å². The molecule has 9 rings (SSSR count). The number of aromatic nitrogens is 1. The summed E-state index contributed by atoms with van der Waals surface area (Å²) in [4.78, 5) is 0. The lowest BCUT2D eigenvalue weighted by molar-refractivity contribution is 0.918. The number of para-hydroxylation sites is 1. The van der Waals surface area contributed by atoms with Gasteiger partial charge in [0.2, 0.25) is 0 Å². The number of fused-ring (bicyclic) bond motifs is 6. The Morgan fingerprint density at radius 1 is 0.529 bits per heavy atom. The van der Waals surface area contributed by atoms with Crippen LogP contribution in [-0.4, -0.2) is 4.57 Å². The lowest BCUT2D eigenvalue weighted by atomic mass is 9.90. The smallest absolute Gasteiger partial charge is 0.0619 e. The Bertz CT molecular complexity index is 2740. The zero-order valence-corrected chi connectivity index (χ0v) is 28.7. The molecule has 0 radical (unpaired) electrons. The van der Waals surface area contributed by atoms with Crippen molar-refractivity contribution < 1.29 is 0 Å². The maximum atomic E-state index is 4.75. The molecule has 1 N–H and O–H groups in total. The van der Waals surface area contributed by atoms with Gasteiger partial charge < -0.3 is 9.88 Å². The molecule has 0 aliphatic heterocycles. The van der Waals surface area contributed by atoms with Gasteiger partial charge in [0.25, 0.3) is 0 Å². The van der Waals surface area contributed by atoms with Gasteiger partial charge in [0.1, 0.15) is 0 Å². The summed E-state index contributed by atoms with van der Waals surface area (Å²) in [7, 11) is 0. The zero-order valence-electron chi connectivity index (χ0n) is 28.7. The van der Waals surface area contributed by atoms with Gasteiger partial charge in [-0.25, -0.2) is 0 Å². The van der Waals surface area contributed by atoms with Crippen LogP contribution >= 0.6 is 0 Å². The summed E-state index contributed by atoms with van der Waals surface area (Å²) in [6.45, 7) is 6.99. The fraction of sp³-hybridized carbons (Fsp3) is 0.0612. The topological polar surface area (TPSA) is 17.0 Å². The highest BCUT2D eigenvalue weighted by Crippen LogP contribution is 2.41. The average molecular weight is 655 g/mol. The molecule has 51 heavy (non-hydrogen) atoms. The summed E-state index contributed by atoms with van der Waals surface area (Å²) in [6.07, 6.45) is 2.09. The fourth-order valence-electron chi connectivity index (χ4n) is 7.81. The first-order valence-corrected chi connectivity index (χ1v) is 17.9. The first-order valence-electron chi connectivity index (χ1n) is 17.9. The molecule has 2 heteroatoms. The molecule has 0 bridgehead atoms. The van der Waals surface area contributed by atoms with Gasteiger partial charge in [0.05, 0.1) is 11.0 Å². The predicted molar refractivity (Wildman–Crippen MR) is 220 cm³/mol. The standard InChI is InChI=1S/C49H38N2/c1-3-14-34-15-7-10-21-40(34)33(2)44-31-37(26-29-47(44)50-46-24-13-18-35-16-8-11-22-41(35)46)38-27-30-48-45(32-38)43-28-25-36-17-9-12-23-42(36)49(43)51(48)39-19-5-4-6-20-39/h4-13,15-32,50H,2-3,14H2,1H3. The minimum Gasteiger partial charge on any atom is -0.355 e. The van der Waals surface area contributed by atoms with E-state index in [-0.39, 0.29) is 0 Å². The third-order valence-corrected chi connectivity index (χ3v) is 10.3. The molecule has 1 aromatic heterocycles. The van der Waals surface area contributed by atoms with Crippen LogP contribution in [0.2, 0.25) is 0 Å². The van der Waals surface area contributed by atoms with E-state index in [0.29, 0.717) is 0 Å². The second-order valence-electron chi connectivity index (χ2n) is 13.4. The van der Waals surface area contributed by atoms with Gasteiger partial charge in [-0.3, -0.25) is 0 Å². The van der Waals surface area contributed by atoms with Crippen molar-refractivity contribution in [3.8, 4) is 16.8 Å². The van der Waals surface area contributed by atoms with Crippen molar-refractivity contribution in [3.63, 3.8) is 0 Å². The summed E-state index contributed by atoms with van der Waals surface area (Å²) < 4.78 is 2.42. The highest BCUT2D eigenvalue weighted by molar-refractivity contribution is 6.19. The highest BCUT2D eigenvalue weighted by atomic mass is 15.0. The van der Waals surface area contributed by atoms with Crippen LogP contribution in [0.5, 0.6) is 0 Å². The Kier molecular flexibility index (Phi) is 7.71. The number of nitrogens with zero attached hydrogens (tertiary/aromatic N) is 1. The van der Waals surface area contributed by atoms with Crippen LogP contribution in [0.1, 0.15) is 30.0 Å². The van der Waals surface area contributed by atoms with Gasteiger partial charge in [0.15, 0.2) is 0 Å². The minimum atomic E-state index is 1.01. The summed E-state index contributed by atoms with van der Waals surface area (Å²) in [5, 5.41) is 11.2. The van der Waals surface area contributed by atoms with Gasteiger partial charge in [-0.1, -0.05) is 147 Å². The largest absolute Gasteiger partial charge is 0.355 e. The Hall–Kier alpha value is -6.38. The Morgan fingerprint density at radius 3 is 2.06 bits per heavy atom. The van der Waals surface area contributed by atoms with E-state index in [2.05, 4.69) is 187 Å². The van der Waals surface area contributed by atoms with Crippen molar-refractivity contribution in [1.29, 1.82) is 0 Å². The van der Waals surface area contributed by atoms with E-state index in [1.54, 1.807) is 0 Å². The predicted octanol–water partition coefficient (Wildman–Crippen LogP) is 13.5. The Morgan fingerprint density at radius 2 is 1.22 bits per heavy atom. The Balaban J connectivity index is 1.23. The maximum absolute atomic E-state index is 4.75. The molecule has 9 aromatic rings. The molecule has 244 valence electrons. The van der Waals surface area contributed by atoms with E-state index < -0.39 is 0 Å². The number of hydrogen-bond acceptors (Lipinski definition) is 1. The van der Waals surface area contributed by atoms with Crippen molar-refractivity contribution in [1.82, 2.24) is 4.57 Å². The van der Waals surface area contributed by atoms with Crippen molar-refractivity contribution in [3.05, 3.63) is 193 Å². The molecule has 0 aliphatic rings. The first-order chi connectivity index (χ1) is 25.2. The quantitative estimate of drug-likeness (QED) is 0.173. The van der Waals surface area contributed by atoms with E-state index in [0.717, 1.165) is 46.6 Å². The summed E-state index contributed by atoms with van der Waals surface area (Å²) in [5.74, 6) is 0. The maximum Gasteiger partial charge on any atom is 0.0619 e. The van der Waals surface area contributed by atoms with Crippen LogP contribution in [0, 0.1) is 0 Å². The fourth-order valence-corrected chi connectivity index (χ4v) is 7.81. The number of anilines is 2. The molecule has 0 spiro atoms. The number of hydrogen-bond donors (Lipinski definition) is 1. The molecule has 0 amide bonds. The van der Waals surface area contributed by atoms with Gasteiger partial charge in [-0.15, -0.1) is 0 Å². The summed E-state index contributed by atoms with van der Waals surface area (Å²) in [5.41, 5.74) is 12.7. The molecule has 1 heterocycles. The highest BCUT2D eigenvalue weighted by Gasteiger charge is 2.18. The van der Waals surface area contributed by atoms with Gasteiger partial charge in [-0.2, -0.15) is 0 Å². The minimum absolute atomic E-state index is 1.01. The molecule has 0 atom stereocenters. The third kappa shape index (κ3) is 5.37. The molecule has 0 saturated heterocycles. The third-order valence-electron chi connectivity index (χ3n) is 10.3. The van der Waals surface area contributed by atoms with E-state index in [1.165, 1.54) is 60.0 Å². The SMILES string of the molecule is C=C(c1ccccc1CCC)c1cc(-c2ccc3c(c2)c2ccc4ccccc4c2n3-c2ccccc2)ccc1Nc1cccc2ccccc12. The summed E-state index contributed by atoms with van der Waals surface area (Å²) in [6, 6.07) is 61.4. The molecule has 0 saturated carbocycles. The van der Waals surface area contributed by atoms with Crippen molar-refractivity contribution in [2.45, 2.75) is 19.8 Å². The molecule has 0 aliphatic carbocycles. The van der Waals surface area contributed by atoms with Crippen molar-refractivity contribution >= 4 is 60.3 Å². The van der Waals surface area contributed by atoms with E-state index in [1.807, 2.05) is 0 Å². The van der Waals surface area contributed by atoms with Crippen LogP contribution in [0.3, 0.4) is 0 Å².